The SMILES string of the molecule is N[C@H]1CC[C@H](Nc2c(C(=O)C3CC3)cnc3ccc(-c4cn[nH]c4)cc23)CC1. The third kappa shape index (κ3) is 3.29. The lowest BCUT2D eigenvalue weighted by Crippen LogP contribution is -2.33. The average molecular weight is 375 g/mol. The number of Topliss-reactive ketones (excluding diaryl/α,β-unsaturated/α-hetero) is 1. The van der Waals surface area contributed by atoms with Crippen LogP contribution in [0.3, 0.4) is 0 Å². The fourth-order valence-electron chi connectivity index (χ4n) is 4.16. The number of carbonyl (C=O) groups excluding carboxylic acids is 1. The van der Waals surface area contributed by atoms with E-state index in [9.17, 15) is 4.79 Å². The van der Waals surface area contributed by atoms with E-state index in [1.165, 1.54) is 0 Å². The lowest BCUT2D eigenvalue weighted by molar-refractivity contribution is 0.0968. The molecule has 2 aliphatic rings. The number of carbonyl (C=O) groups is 1. The Morgan fingerprint density at radius 2 is 1.89 bits per heavy atom. The second kappa shape index (κ2) is 7.02. The highest BCUT2D eigenvalue weighted by molar-refractivity contribution is 6.10. The summed E-state index contributed by atoms with van der Waals surface area (Å²) in [5, 5.41) is 11.6. The second-order valence-corrected chi connectivity index (χ2v) is 8.16. The lowest BCUT2D eigenvalue weighted by Gasteiger charge is -2.29. The number of hydrogen-bond donors (Lipinski definition) is 3. The molecular weight excluding hydrogens is 350 g/mol. The van der Waals surface area contributed by atoms with Gasteiger partial charge in [0.15, 0.2) is 5.78 Å². The Bertz CT molecular complexity index is 1000. The first-order chi connectivity index (χ1) is 13.7. The van der Waals surface area contributed by atoms with E-state index in [4.69, 9.17) is 5.73 Å². The number of pyridine rings is 1. The number of benzene rings is 1. The minimum Gasteiger partial charge on any atom is -0.381 e. The van der Waals surface area contributed by atoms with Crippen LogP contribution in [0.4, 0.5) is 5.69 Å². The van der Waals surface area contributed by atoms with Crippen molar-refractivity contribution in [1.82, 2.24) is 15.2 Å². The fourth-order valence-corrected chi connectivity index (χ4v) is 4.16. The van der Waals surface area contributed by atoms with Gasteiger partial charge >= 0.3 is 0 Å². The maximum Gasteiger partial charge on any atom is 0.169 e. The molecule has 4 N–H and O–H groups in total. The summed E-state index contributed by atoms with van der Waals surface area (Å²) in [5.41, 5.74) is 10.7. The number of anilines is 1. The van der Waals surface area contributed by atoms with Gasteiger partial charge in [0.1, 0.15) is 0 Å². The summed E-state index contributed by atoms with van der Waals surface area (Å²) in [6, 6.07) is 6.83. The van der Waals surface area contributed by atoms with E-state index >= 15 is 0 Å². The quantitative estimate of drug-likeness (QED) is 0.588. The van der Waals surface area contributed by atoms with Crippen molar-refractivity contribution in [2.24, 2.45) is 11.7 Å². The Balaban J connectivity index is 1.60. The Labute approximate surface area is 163 Å². The van der Waals surface area contributed by atoms with Crippen LogP contribution in [-0.4, -0.2) is 33.0 Å². The molecule has 5 rings (SSSR count). The predicted octanol–water partition coefficient (Wildman–Crippen LogP) is 3.90. The van der Waals surface area contributed by atoms with Crippen molar-refractivity contribution in [2.75, 3.05) is 5.32 Å². The standard InChI is InChI=1S/C22H25N5O/c23-16-4-6-17(7-5-16)27-21-18-9-14(15-10-25-26-11-15)3-8-20(18)24-12-19(21)22(28)13-1-2-13/h3,8-13,16-17H,1-2,4-7,23H2,(H,24,27)(H,25,26)/t16-,17-. The fraction of sp³-hybridized carbons (Fsp3) is 0.409. The number of aromatic amines is 1. The van der Waals surface area contributed by atoms with Crippen LogP contribution in [0.1, 0.15) is 48.9 Å². The zero-order valence-corrected chi connectivity index (χ0v) is 15.8. The van der Waals surface area contributed by atoms with E-state index in [2.05, 4.69) is 26.6 Å². The van der Waals surface area contributed by atoms with E-state index in [-0.39, 0.29) is 11.7 Å². The van der Waals surface area contributed by atoms with Crippen LogP contribution in [0, 0.1) is 5.92 Å². The molecule has 28 heavy (non-hydrogen) atoms. The van der Waals surface area contributed by atoms with Gasteiger partial charge in [-0.15, -0.1) is 0 Å². The van der Waals surface area contributed by atoms with Crippen molar-refractivity contribution in [1.29, 1.82) is 0 Å². The zero-order chi connectivity index (χ0) is 19.1. The number of aromatic nitrogens is 3. The molecule has 3 aromatic rings. The van der Waals surface area contributed by atoms with Crippen LogP contribution in [0.25, 0.3) is 22.0 Å². The molecule has 0 spiro atoms. The molecule has 0 saturated heterocycles. The largest absolute Gasteiger partial charge is 0.381 e. The van der Waals surface area contributed by atoms with Crippen LogP contribution in [0.5, 0.6) is 0 Å². The smallest absolute Gasteiger partial charge is 0.169 e. The number of hydrogen-bond acceptors (Lipinski definition) is 5. The van der Waals surface area contributed by atoms with E-state index in [0.29, 0.717) is 12.1 Å². The van der Waals surface area contributed by atoms with Crippen molar-refractivity contribution in [3.8, 4) is 11.1 Å². The molecule has 144 valence electrons. The summed E-state index contributed by atoms with van der Waals surface area (Å²) >= 11 is 0. The van der Waals surface area contributed by atoms with Crippen molar-refractivity contribution in [3.05, 3.63) is 42.4 Å². The third-order valence-corrected chi connectivity index (χ3v) is 6.03. The van der Waals surface area contributed by atoms with Gasteiger partial charge < -0.3 is 11.1 Å². The summed E-state index contributed by atoms with van der Waals surface area (Å²) < 4.78 is 0. The monoisotopic (exact) mass is 375 g/mol. The normalized spacial score (nSPS) is 22.3. The summed E-state index contributed by atoms with van der Waals surface area (Å²) in [6.45, 7) is 0. The lowest BCUT2D eigenvalue weighted by atomic mass is 9.91. The number of H-pyrrole nitrogens is 1. The molecule has 6 heteroatoms. The molecule has 2 fully saturated rings. The minimum absolute atomic E-state index is 0.164. The molecule has 2 heterocycles. The number of nitrogens with one attached hydrogen (secondary N) is 2. The molecule has 6 nitrogen and oxygen atoms in total. The topological polar surface area (TPSA) is 96.7 Å². The van der Waals surface area contributed by atoms with Gasteiger partial charge in [0.05, 0.1) is 23.0 Å². The van der Waals surface area contributed by atoms with Gasteiger partial charge in [-0.05, 0) is 56.2 Å². The summed E-state index contributed by atoms with van der Waals surface area (Å²) in [6.07, 6.45) is 11.5. The zero-order valence-electron chi connectivity index (χ0n) is 15.8. The number of fused-ring (bicyclic) bond motifs is 1. The third-order valence-electron chi connectivity index (χ3n) is 6.03. The number of nitrogens with two attached hydrogens (primary N) is 1. The van der Waals surface area contributed by atoms with Crippen molar-refractivity contribution < 1.29 is 4.79 Å². The first kappa shape index (κ1) is 17.4. The summed E-state index contributed by atoms with van der Waals surface area (Å²) in [7, 11) is 0. The molecule has 2 aliphatic carbocycles. The molecule has 2 aromatic heterocycles. The van der Waals surface area contributed by atoms with Gasteiger partial charge in [0.25, 0.3) is 0 Å². The van der Waals surface area contributed by atoms with E-state index in [1.807, 2.05) is 24.5 Å². The average Bonchev–Trinajstić information content (AvgIpc) is 3.43. The van der Waals surface area contributed by atoms with Gasteiger partial charge in [0, 0.05) is 41.3 Å². The summed E-state index contributed by atoms with van der Waals surface area (Å²) in [4.78, 5) is 17.6. The highest BCUT2D eigenvalue weighted by Gasteiger charge is 2.33. The van der Waals surface area contributed by atoms with E-state index in [0.717, 1.165) is 71.8 Å². The van der Waals surface area contributed by atoms with Crippen molar-refractivity contribution in [3.63, 3.8) is 0 Å². The maximum atomic E-state index is 13.0. The molecule has 0 radical (unpaired) electrons. The van der Waals surface area contributed by atoms with Crippen LogP contribution >= 0.6 is 0 Å². The number of nitrogens with zero attached hydrogens (tertiary/aromatic N) is 2. The number of ketones is 1. The Kier molecular flexibility index (Phi) is 4.36. The minimum atomic E-state index is 0.164. The van der Waals surface area contributed by atoms with Gasteiger partial charge in [-0.25, -0.2) is 0 Å². The molecule has 1 aromatic carbocycles. The first-order valence-electron chi connectivity index (χ1n) is 10.2. The van der Waals surface area contributed by atoms with Gasteiger partial charge in [-0.1, -0.05) is 6.07 Å². The van der Waals surface area contributed by atoms with Crippen LogP contribution in [-0.2, 0) is 0 Å². The number of rotatable bonds is 5. The first-order valence-corrected chi connectivity index (χ1v) is 10.2. The molecule has 0 unspecified atom stereocenters. The molecule has 2 saturated carbocycles. The molecule has 0 aliphatic heterocycles. The van der Waals surface area contributed by atoms with Crippen LogP contribution in [0.15, 0.2) is 36.8 Å². The highest BCUT2D eigenvalue weighted by Crippen LogP contribution is 2.38. The van der Waals surface area contributed by atoms with Crippen molar-refractivity contribution >= 4 is 22.4 Å². The second-order valence-electron chi connectivity index (χ2n) is 8.16. The van der Waals surface area contributed by atoms with Gasteiger partial charge in [-0.2, -0.15) is 5.10 Å². The molecular formula is C22H25N5O. The Hall–Kier alpha value is -2.73. The maximum absolute atomic E-state index is 13.0. The predicted molar refractivity (Wildman–Crippen MR) is 110 cm³/mol. The highest BCUT2D eigenvalue weighted by atomic mass is 16.1. The van der Waals surface area contributed by atoms with Crippen molar-refractivity contribution in [2.45, 2.75) is 50.6 Å². The molecule has 0 atom stereocenters. The summed E-state index contributed by atoms with van der Waals surface area (Å²) in [5.74, 6) is 0.384. The van der Waals surface area contributed by atoms with E-state index in [1.54, 1.807) is 6.20 Å². The van der Waals surface area contributed by atoms with Gasteiger partial charge in [0.2, 0.25) is 0 Å². The molecule has 0 amide bonds. The van der Waals surface area contributed by atoms with Gasteiger partial charge in [-0.3, -0.25) is 14.9 Å². The Morgan fingerprint density at radius 3 is 2.61 bits per heavy atom. The molecule has 0 bridgehead atoms. The van der Waals surface area contributed by atoms with Crippen LogP contribution < -0.4 is 11.1 Å². The Morgan fingerprint density at radius 1 is 1.07 bits per heavy atom. The van der Waals surface area contributed by atoms with Crippen LogP contribution in [0.2, 0.25) is 0 Å². The van der Waals surface area contributed by atoms with E-state index < -0.39 is 0 Å².